The molecule has 2 rings (SSSR count). The first-order valence-electron chi connectivity index (χ1n) is 6.41. The van der Waals surface area contributed by atoms with Crippen LogP contribution in [0.4, 0.5) is 5.13 Å². The van der Waals surface area contributed by atoms with Crippen LogP contribution >= 0.6 is 34.4 Å². The Morgan fingerprint density at radius 3 is 2.90 bits per heavy atom. The van der Waals surface area contributed by atoms with Crippen molar-refractivity contribution in [3.8, 4) is 0 Å². The van der Waals surface area contributed by atoms with Crippen LogP contribution in [0.1, 0.15) is 19.5 Å². The lowest BCUT2D eigenvalue weighted by molar-refractivity contribution is 0.687. The molecule has 2 aromatic heterocycles. The molecule has 0 aliphatic rings. The zero-order chi connectivity index (χ0) is 14.5. The molecule has 0 saturated carbocycles. The molecular weight excluding hydrogens is 312 g/mol. The third-order valence-corrected chi connectivity index (χ3v) is 5.46. The Morgan fingerprint density at radius 1 is 1.45 bits per heavy atom. The number of thioether (sulfide) groups is 1. The summed E-state index contributed by atoms with van der Waals surface area (Å²) in [4.78, 5) is 11.7. The van der Waals surface area contributed by atoms with Crippen LogP contribution in [0, 0.1) is 12.8 Å². The molecule has 5 nitrogen and oxygen atoms in total. The molecule has 0 amide bonds. The van der Waals surface area contributed by atoms with Gasteiger partial charge in [0.05, 0.1) is 0 Å². The lowest BCUT2D eigenvalue weighted by atomic mass is 10.2. The Bertz CT molecular complexity index is 602. The molecule has 0 aliphatic carbocycles. The molecule has 0 saturated heterocycles. The van der Waals surface area contributed by atoms with Crippen LogP contribution < -0.4 is 10.2 Å². The van der Waals surface area contributed by atoms with Crippen molar-refractivity contribution in [2.24, 2.45) is 5.92 Å². The van der Waals surface area contributed by atoms with Gasteiger partial charge in [-0.3, -0.25) is 4.79 Å². The summed E-state index contributed by atoms with van der Waals surface area (Å²) in [6.45, 7) is 7.90. The van der Waals surface area contributed by atoms with Crippen molar-refractivity contribution in [3.05, 3.63) is 20.7 Å². The predicted molar refractivity (Wildman–Crippen MR) is 87.3 cm³/mol. The number of nitrogens with zero attached hydrogens (tertiary/aromatic N) is 3. The van der Waals surface area contributed by atoms with Crippen molar-refractivity contribution in [2.45, 2.75) is 31.7 Å². The average molecular weight is 331 g/mol. The number of hydrogen-bond donors (Lipinski definition) is 1. The fourth-order valence-electron chi connectivity index (χ4n) is 1.53. The minimum atomic E-state index is 0.111. The number of hydrogen-bond acceptors (Lipinski definition) is 7. The van der Waals surface area contributed by atoms with Crippen LogP contribution in [-0.4, -0.2) is 27.1 Å². The van der Waals surface area contributed by atoms with Crippen molar-refractivity contribution in [1.82, 2.24) is 14.8 Å². The van der Waals surface area contributed by atoms with E-state index >= 15 is 0 Å². The quantitative estimate of drug-likeness (QED) is 0.791. The highest BCUT2D eigenvalue weighted by Crippen LogP contribution is 2.25. The van der Waals surface area contributed by atoms with Gasteiger partial charge in [-0.05, 0) is 12.8 Å². The summed E-state index contributed by atoms with van der Waals surface area (Å²) in [7, 11) is 0. The van der Waals surface area contributed by atoms with Gasteiger partial charge in [0.1, 0.15) is 0 Å². The highest BCUT2D eigenvalue weighted by molar-refractivity contribution is 8.01. The topological polar surface area (TPSA) is 59.8 Å². The Kier molecular flexibility index (Phi) is 5.62. The average Bonchev–Trinajstić information content (AvgIpc) is 2.97. The number of anilines is 1. The number of nitrogens with one attached hydrogen (secondary N) is 1. The van der Waals surface area contributed by atoms with Crippen LogP contribution in [0.2, 0.25) is 0 Å². The van der Waals surface area contributed by atoms with Gasteiger partial charge in [-0.15, -0.1) is 10.2 Å². The molecule has 2 heterocycles. The third kappa shape index (κ3) is 4.32. The van der Waals surface area contributed by atoms with E-state index in [1.54, 1.807) is 27.7 Å². The lowest BCUT2D eigenvalue weighted by Gasteiger charge is -2.03. The SMILES string of the molecule is Cc1csc(=O)n1CCSc1nnc(NCC(C)C)s1. The number of aromatic nitrogens is 3. The second-order valence-corrected chi connectivity index (χ2v) is 7.93. The molecule has 0 atom stereocenters. The second-order valence-electron chi connectivity index (χ2n) is 4.79. The van der Waals surface area contributed by atoms with E-state index in [4.69, 9.17) is 0 Å². The number of thiazole rings is 1. The van der Waals surface area contributed by atoms with E-state index in [1.807, 2.05) is 12.3 Å². The molecule has 0 radical (unpaired) electrons. The van der Waals surface area contributed by atoms with E-state index in [9.17, 15) is 4.79 Å². The number of aryl methyl sites for hydroxylation is 1. The van der Waals surface area contributed by atoms with E-state index < -0.39 is 0 Å². The largest absolute Gasteiger partial charge is 0.360 e. The Labute approximate surface area is 130 Å². The molecule has 0 unspecified atom stereocenters. The molecule has 0 aliphatic heterocycles. The Balaban J connectivity index is 1.81. The van der Waals surface area contributed by atoms with E-state index in [0.717, 1.165) is 27.5 Å². The summed E-state index contributed by atoms with van der Waals surface area (Å²) in [5.74, 6) is 1.42. The smallest absolute Gasteiger partial charge is 0.307 e. The second kappa shape index (κ2) is 7.24. The maximum absolute atomic E-state index is 11.6. The van der Waals surface area contributed by atoms with Gasteiger partial charge in [0.2, 0.25) is 5.13 Å². The maximum atomic E-state index is 11.6. The van der Waals surface area contributed by atoms with Gasteiger partial charge in [0.15, 0.2) is 4.34 Å². The van der Waals surface area contributed by atoms with E-state index in [1.165, 1.54) is 11.3 Å². The van der Waals surface area contributed by atoms with Crippen LogP contribution in [0.25, 0.3) is 0 Å². The zero-order valence-corrected chi connectivity index (χ0v) is 14.2. The minimum Gasteiger partial charge on any atom is -0.360 e. The first kappa shape index (κ1) is 15.5. The highest BCUT2D eigenvalue weighted by Gasteiger charge is 2.07. The van der Waals surface area contributed by atoms with Gasteiger partial charge in [-0.2, -0.15) is 0 Å². The minimum absolute atomic E-state index is 0.111. The van der Waals surface area contributed by atoms with Crippen molar-refractivity contribution in [1.29, 1.82) is 0 Å². The first-order valence-corrected chi connectivity index (χ1v) is 9.09. The fraction of sp³-hybridized carbons (Fsp3) is 0.583. The zero-order valence-electron chi connectivity index (χ0n) is 11.8. The Morgan fingerprint density at radius 2 is 2.25 bits per heavy atom. The van der Waals surface area contributed by atoms with E-state index in [0.29, 0.717) is 12.5 Å². The molecule has 110 valence electrons. The number of rotatable bonds is 7. The van der Waals surface area contributed by atoms with Gasteiger partial charge in [0, 0.05) is 29.9 Å². The molecular formula is C12H18N4OS3. The molecule has 8 heteroatoms. The third-order valence-electron chi connectivity index (χ3n) is 2.58. The molecule has 0 bridgehead atoms. The summed E-state index contributed by atoms with van der Waals surface area (Å²) < 4.78 is 2.74. The summed E-state index contributed by atoms with van der Waals surface area (Å²) in [5, 5.41) is 14.3. The molecule has 0 fully saturated rings. The molecule has 0 spiro atoms. The fourth-order valence-corrected chi connectivity index (χ4v) is 4.04. The molecule has 2 aromatic rings. The summed E-state index contributed by atoms with van der Waals surface area (Å²) in [6, 6.07) is 0. The Hall–Kier alpha value is -0.860. The highest BCUT2D eigenvalue weighted by atomic mass is 32.2. The van der Waals surface area contributed by atoms with Gasteiger partial charge < -0.3 is 9.88 Å². The maximum Gasteiger partial charge on any atom is 0.307 e. The summed E-state index contributed by atoms with van der Waals surface area (Å²) >= 11 is 4.46. The van der Waals surface area contributed by atoms with Crippen LogP contribution in [0.15, 0.2) is 14.5 Å². The normalized spacial score (nSPS) is 11.2. The van der Waals surface area contributed by atoms with Gasteiger partial charge in [0.25, 0.3) is 0 Å². The summed E-state index contributed by atoms with van der Waals surface area (Å²) in [6.07, 6.45) is 0. The van der Waals surface area contributed by atoms with Crippen LogP contribution in [0.5, 0.6) is 0 Å². The van der Waals surface area contributed by atoms with Crippen molar-refractivity contribution in [3.63, 3.8) is 0 Å². The first-order chi connectivity index (χ1) is 9.56. The van der Waals surface area contributed by atoms with Crippen molar-refractivity contribution in [2.75, 3.05) is 17.6 Å². The van der Waals surface area contributed by atoms with E-state index in [2.05, 4.69) is 29.4 Å². The summed E-state index contributed by atoms with van der Waals surface area (Å²) in [5.41, 5.74) is 1.03. The lowest BCUT2D eigenvalue weighted by Crippen LogP contribution is -2.15. The molecule has 1 N–H and O–H groups in total. The molecule has 20 heavy (non-hydrogen) atoms. The van der Waals surface area contributed by atoms with Crippen LogP contribution in [-0.2, 0) is 6.54 Å². The van der Waals surface area contributed by atoms with Gasteiger partial charge >= 0.3 is 4.87 Å². The van der Waals surface area contributed by atoms with Crippen LogP contribution in [0.3, 0.4) is 0 Å². The predicted octanol–water partition coefficient (Wildman–Crippen LogP) is 2.93. The monoisotopic (exact) mass is 330 g/mol. The van der Waals surface area contributed by atoms with Gasteiger partial charge in [-0.1, -0.05) is 48.3 Å². The van der Waals surface area contributed by atoms with E-state index in [-0.39, 0.29) is 4.87 Å². The standard InChI is InChI=1S/C12H18N4OS3/c1-8(2)6-13-10-14-15-11(20-10)18-5-4-16-9(3)7-19-12(16)17/h7-8H,4-6H2,1-3H3,(H,13,14). The van der Waals surface area contributed by atoms with Crippen molar-refractivity contribution < 1.29 is 0 Å². The van der Waals surface area contributed by atoms with Crippen molar-refractivity contribution >= 4 is 39.6 Å². The van der Waals surface area contributed by atoms with Gasteiger partial charge in [-0.25, -0.2) is 0 Å². The molecule has 0 aromatic carbocycles.